The molecule has 0 atom stereocenters. The van der Waals surface area contributed by atoms with E-state index in [9.17, 15) is 0 Å². The normalized spacial score (nSPS) is 11.2. The van der Waals surface area contributed by atoms with Gasteiger partial charge in [0, 0.05) is 16.2 Å². The van der Waals surface area contributed by atoms with Crippen molar-refractivity contribution in [1.29, 1.82) is 0 Å². The molecule has 0 heterocycles. The number of nitrogens with one attached hydrogen (secondary N) is 2. The summed E-state index contributed by atoms with van der Waals surface area (Å²) in [7, 11) is 0. The Morgan fingerprint density at radius 2 is 1.74 bits per heavy atom. The largest absolute Gasteiger partial charge is 0.359 e. The summed E-state index contributed by atoms with van der Waals surface area (Å²) >= 11 is 8.89. The van der Waals surface area contributed by atoms with Crippen molar-refractivity contribution in [3.8, 4) is 0 Å². The second-order valence-electron chi connectivity index (χ2n) is 5.58. The van der Waals surface area contributed by atoms with Crippen LogP contribution in [0.25, 0.3) is 0 Å². The summed E-state index contributed by atoms with van der Waals surface area (Å²) in [4.78, 5) is 0. The van der Waals surface area contributed by atoms with Crippen molar-refractivity contribution in [3.05, 3.63) is 28.2 Å². The molecule has 1 aromatic carbocycles. The van der Waals surface area contributed by atoms with Crippen molar-refractivity contribution < 1.29 is 0 Å². The third-order valence-corrected chi connectivity index (χ3v) is 4.26. The molecule has 0 saturated carbocycles. The minimum Gasteiger partial charge on any atom is -0.359 e. The number of benzene rings is 1. The van der Waals surface area contributed by atoms with Crippen LogP contribution in [0.15, 0.2) is 22.7 Å². The predicted octanol–water partition coefficient (Wildman–Crippen LogP) is 4.72. The highest BCUT2D eigenvalue weighted by molar-refractivity contribution is 9.10. The molecule has 2 nitrogen and oxygen atoms in total. The van der Waals surface area contributed by atoms with Crippen molar-refractivity contribution in [1.82, 2.24) is 5.32 Å². The molecule has 2 N–H and O–H groups in total. The second kappa shape index (κ2) is 7.25. The van der Waals surface area contributed by atoms with Crippen LogP contribution in [-0.2, 0) is 0 Å². The van der Waals surface area contributed by atoms with Gasteiger partial charge in [-0.05, 0) is 54.7 Å². The van der Waals surface area contributed by atoms with Crippen LogP contribution in [0, 0.1) is 18.8 Å². The first-order valence-corrected chi connectivity index (χ1v) is 7.85. The molecule has 0 aliphatic heterocycles. The maximum atomic E-state index is 5.39. The van der Waals surface area contributed by atoms with Gasteiger partial charge >= 0.3 is 0 Å². The van der Waals surface area contributed by atoms with Gasteiger partial charge in [0.05, 0.1) is 0 Å². The van der Waals surface area contributed by atoms with Gasteiger partial charge in [0.25, 0.3) is 0 Å². The quantitative estimate of drug-likeness (QED) is 0.773. The number of anilines is 1. The van der Waals surface area contributed by atoms with Crippen LogP contribution < -0.4 is 10.6 Å². The van der Waals surface area contributed by atoms with E-state index < -0.39 is 0 Å². The molecule has 0 radical (unpaired) electrons. The summed E-state index contributed by atoms with van der Waals surface area (Å²) in [5.41, 5.74) is 2.21. The Bertz CT molecular complexity index is 436. The fourth-order valence-corrected chi connectivity index (χ4v) is 2.64. The number of thiocarbonyl (C=S) groups is 1. The van der Waals surface area contributed by atoms with Crippen molar-refractivity contribution in [2.75, 3.05) is 5.32 Å². The first kappa shape index (κ1) is 16.4. The highest BCUT2D eigenvalue weighted by Crippen LogP contribution is 2.20. The van der Waals surface area contributed by atoms with E-state index in [0.717, 1.165) is 10.2 Å². The van der Waals surface area contributed by atoms with Crippen LogP contribution in [0.2, 0.25) is 0 Å². The molecule has 0 saturated heterocycles. The van der Waals surface area contributed by atoms with Crippen molar-refractivity contribution in [3.63, 3.8) is 0 Å². The average molecular weight is 343 g/mol. The Morgan fingerprint density at radius 3 is 2.21 bits per heavy atom. The first-order chi connectivity index (χ1) is 8.81. The molecule has 0 aliphatic rings. The Labute approximate surface area is 130 Å². The van der Waals surface area contributed by atoms with Crippen LogP contribution in [0.3, 0.4) is 0 Å². The minimum absolute atomic E-state index is 0.386. The molecule has 0 spiro atoms. The molecule has 0 aromatic heterocycles. The summed E-state index contributed by atoms with van der Waals surface area (Å²) < 4.78 is 1.11. The first-order valence-electron chi connectivity index (χ1n) is 6.65. The van der Waals surface area contributed by atoms with E-state index in [4.69, 9.17) is 12.2 Å². The van der Waals surface area contributed by atoms with Gasteiger partial charge < -0.3 is 10.6 Å². The predicted molar refractivity (Wildman–Crippen MR) is 91.7 cm³/mol. The fourth-order valence-electron chi connectivity index (χ4n) is 2.14. The van der Waals surface area contributed by atoms with Crippen molar-refractivity contribution in [2.45, 2.75) is 40.7 Å². The highest BCUT2D eigenvalue weighted by atomic mass is 79.9. The van der Waals surface area contributed by atoms with E-state index in [1.54, 1.807) is 0 Å². The molecule has 0 aliphatic carbocycles. The number of rotatable bonds is 4. The van der Waals surface area contributed by atoms with Crippen molar-refractivity contribution in [2.24, 2.45) is 11.8 Å². The maximum Gasteiger partial charge on any atom is 0.171 e. The Balaban J connectivity index is 2.66. The third-order valence-electron chi connectivity index (χ3n) is 3.15. The number of hydrogen-bond donors (Lipinski definition) is 2. The molecular weight excluding hydrogens is 320 g/mol. The van der Waals surface area contributed by atoms with Gasteiger partial charge in [-0.1, -0.05) is 43.6 Å². The zero-order chi connectivity index (χ0) is 14.6. The summed E-state index contributed by atoms with van der Waals surface area (Å²) in [6, 6.07) is 6.52. The summed E-state index contributed by atoms with van der Waals surface area (Å²) in [5, 5.41) is 7.35. The topological polar surface area (TPSA) is 24.1 Å². The number of aryl methyl sites for hydroxylation is 1. The molecule has 0 fully saturated rings. The Morgan fingerprint density at radius 1 is 1.16 bits per heavy atom. The van der Waals surface area contributed by atoms with E-state index in [-0.39, 0.29) is 0 Å². The van der Waals surface area contributed by atoms with E-state index in [1.807, 2.05) is 12.1 Å². The highest BCUT2D eigenvalue weighted by Gasteiger charge is 2.18. The molecule has 1 aromatic rings. The number of hydrogen-bond acceptors (Lipinski definition) is 1. The minimum atomic E-state index is 0.386. The molecule has 0 unspecified atom stereocenters. The van der Waals surface area contributed by atoms with Gasteiger partial charge in [0.15, 0.2) is 5.11 Å². The standard InChI is InChI=1S/C15H23BrN2S/c1-9(2)14(10(3)4)18-15(19)17-12-6-7-13(16)11(5)8-12/h6-10,14H,1-5H3,(H2,17,18,19). The summed E-state index contributed by atoms with van der Waals surface area (Å²) in [6.07, 6.45) is 0. The average Bonchev–Trinajstić information content (AvgIpc) is 2.30. The molecule has 0 bridgehead atoms. The van der Waals surface area contributed by atoms with Gasteiger partial charge in [0.1, 0.15) is 0 Å². The Hall–Kier alpha value is -0.610. The lowest BCUT2D eigenvalue weighted by atomic mass is 9.93. The van der Waals surface area contributed by atoms with Gasteiger partial charge in [0.2, 0.25) is 0 Å². The van der Waals surface area contributed by atoms with Gasteiger partial charge in [-0.15, -0.1) is 0 Å². The molecule has 0 amide bonds. The van der Waals surface area contributed by atoms with E-state index in [1.165, 1.54) is 5.56 Å². The van der Waals surface area contributed by atoms with E-state index >= 15 is 0 Å². The zero-order valence-corrected chi connectivity index (χ0v) is 14.7. The van der Waals surface area contributed by atoms with Crippen LogP contribution in [0.5, 0.6) is 0 Å². The van der Waals surface area contributed by atoms with Crippen molar-refractivity contribution >= 4 is 38.9 Å². The van der Waals surface area contributed by atoms with E-state index in [2.05, 4.69) is 67.2 Å². The summed E-state index contributed by atoms with van der Waals surface area (Å²) in [5.74, 6) is 1.10. The molecule has 1 rings (SSSR count). The fraction of sp³-hybridized carbons (Fsp3) is 0.533. The number of halogens is 1. The Kier molecular flexibility index (Phi) is 6.27. The lowest BCUT2D eigenvalue weighted by Crippen LogP contribution is -2.44. The second-order valence-corrected chi connectivity index (χ2v) is 6.84. The molecule has 19 heavy (non-hydrogen) atoms. The van der Waals surface area contributed by atoms with E-state index in [0.29, 0.717) is 23.0 Å². The zero-order valence-electron chi connectivity index (χ0n) is 12.3. The summed E-state index contributed by atoms with van der Waals surface area (Å²) in [6.45, 7) is 10.9. The SMILES string of the molecule is Cc1cc(NC(=S)NC(C(C)C)C(C)C)ccc1Br. The van der Waals surface area contributed by atoms with Crippen LogP contribution in [-0.4, -0.2) is 11.2 Å². The van der Waals surface area contributed by atoms with Gasteiger partial charge in [-0.2, -0.15) is 0 Å². The molecular formula is C15H23BrN2S. The smallest absolute Gasteiger partial charge is 0.171 e. The van der Waals surface area contributed by atoms with Gasteiger partial charge in [-0.25, -0.2) is 0 Å². The van der Waals surface area contributed by atoms with Crippen LogP contribution in [0.1, 0.15) is 33.3 Å². The lowest BCUT2D eigenvalue weighted by Gasteiger charge is -2.27. The molecule has 4 heteroatoms. The third kappa shape index (κ3) is 5.11. The van der Waals surface area contributed by atoms with Gasteiger partial charge in [-0.3, -0.25) is 0 Å². The maximum absolute atomic E-state index is 5.39. The van der Waals surface area contributed by atoms with Crippen LogP contribution >= 0.6 is 28.1 Å². The van der Waals surface area contributed by atoms with Crippen LogP contribution in [0.4, 0.5) is 5.69 Å². The lowest BCUT2D eigenvalue weighted by molar-refractivity contribution is 0.356. The monoisotopic (exact) mass is 342 g/mol. The molecule has 106 valence electrons.